The van der Waals surface area contributed by atoms with Crippen LogP contribution in [0.5, 0.6) is 5.75 Å². The molecule has 41 heavy (non-hydrogen) atoms. The van der Waals surface area contributed by atoms with Gasteiger partial charge in [-0.3, -0.25) is 14.6 Å². The maximum Gasteiger partial charge on any atom is 0.261 e. The van der Waals surface area contributed by atoms with Crippen molar-refractivity contribution in [3.05, 3.63) is 95.6 Å². The van der Waals surface area contributed by atoms with Gasteiger partial charge >= 0.3 is 0 Å². The molecule has 0 aromatic heterocycles. The van der Waals surface area contributed by atoms with E-state index in [0.717, 1.165) is 35.6 Å². The lowest BCUT2D eigenvalue weighted by Crippen LogP contribution is -2.27. The fraction of sp³-hybridized carbons (Fsp3) is 0.314. The molecule has 3 aromatic rings. The molecule has 212 valence electrons. The molecule has 4 rings (SSSR count). The molecule has 0 bridgehead atoms. The van der Waals surface area contributed by atoms with Crippen molar-refractivity contribution < 1.29 is 14.3 Å². The van der Waals surface area contributed by atoms with Crippen LogP contribution in [0, 0.1) is 12.8 Å². The number of aryl methyl sites for hydroxylation is 1. The van der Waals surface area contributed by atoms with Crippen molar-refractivity contribution in [1.82, 2.24) is 0 Å². The van der Waals surface area contributed by atoms with Crippen molar-refractivity contribution >= 4 is 41.1 Å². The molecule has 1 amide bonds. The second-order valence-corrected chi connectivity index (χ2v) is 10.4. The number of unbranched alkanes of at least 4 members (excludes halogenated alkanes) is 5. The average molecular weight is 550 g/mol. The SMILES string of the molecule is CCCCCCCCOc1ccc(/C=C/C(=O)c2ccc(N=CC3C(=O)N(c4ccc(C)cc4)N=C3C)cc2)cc1. The maximum absolute atomic E-state index is 12.9. The lowest BCUT2D eigenvalue weighted by Gasteiger charge is -2.12. The van der Waals surface area contributed by atoms with Crippen molar-refractivity contribution in [2.45, 2.75) is 59.3 Å². The second kappa shape index (κ2) is 14.9. The summed E-state index contributed by atoms with van der Waals surface area (Å²) in [5, 5.41) is 5.86. The van der Waals surface area contributed by atoms with Gasteiger partial charge in [0.2, 0.25) is 0 Å². The zero-order chi connectivity index (χ0) is 29.0. The molecule has 1 aliphatic heterocycles. The highest BCUT2D eigenvalue weighted by Crippen LogP contribution is 2.24. The van der Waals surface area contributed by atoms with Crippen molar-refractivity contribution in [2.24, 2.45) is 16.0 Å². The van der Waals surface area contributed by atoms with Gasteiger partial charge in [0.15, 0.2) is 5.78 Å². The Morgan fingerprint density at radius 1 is 0.902 bits per heavy atom. The number of ether oxygens (including phenoxy) is 1. The quantitative estimate of drug-likeness (QED) is 0.0877. The van der Waals surface area contributed by atoms with Gasteiger partial charge in [0.1, 0.15) is 11.7 Å². The molecule has 0 N–H and O–H groups in total. The van der Waals surface area contributed by atoms with Gasteiger partial charge in [-0.1, -0.05) is 74.9 Å². The summed E-state index contributed by atoms with van der Waals surface area (Å²) in [4.78, 5) is 30.1. The molecule has 3 aromatic carbocycles. The lowest BCUT2D eigenvalue weighted by atomic mass is 10.1. The Morgan fingerprint density at radius 3 is 2.29 bits per heavy atom. The van der Waals surface area contributed by atoms with Gasteiger partial charge in [-0.2, -0.15) is 10.1 Å². The summed E-state index contributed by atoms with van der Waals surface area (Å²) in [6.45, 7) is 6.79. The average Bonchev–Trinajstić information content (AvgIpc) is 3.28. The molecule has 0 saturated carbocycles. The number of carbonyl (C=O) groups excluding carboxylic acids is 2. The van der Waals surface area contributed by atoms with E-state index in [1.54, 1.807) is 42.6 Å². The Morgan fingerprint density at radius 2 is 1.59 bits per heavy atom. The number of nitrogens with zero attached hydrogens (tertiary/aromatic N) is 3. The van der Waals surface area contributed by atoms with E-state index in [4.69, 9.17) is 4.74 Å². The molecule has 1 aliphatic rings. The second-order valence-electron chi connectivity index (χ2n) is 10.4. The van der Waals surface area contributed by atoms with Crippen molar-refractivity contribution in [1.29, 1.82) is 0 Å². The Labute approximate surface area is 243 Å². The van der Waals surface area contributed by atoms with E-state index in [2.05, 4.69) is 17.0 Å². The van der Waals surface area contributed by atoms with E-state index >= 15 is 0 Å². The normalized spacial score (nSPS) is 15.2. The number of benzene rings is 3. The van der Waals surface area contributed by atoms with Crippen molar-refractivity contribution in [2.75, 3.05) is 11.6 Å². The smallest absolute Gasteiger partial charge is 0.261 e. The predicted molar refractivity (Wildman–Crippen MR) is 169 cm³/mol. The van der Waals surface area contributed by atoms with E-state index in [1.807, 2.05) is 62.4 Å². The van der Waals surface area contributed by atoms with E-state index in [-0.39, 0.29) is 11.7 Å². The van der Waals surface area contributed by atoms with Crippen LogP contribution in [0.3, 0.4) is 0 Å². The van der Waals surface area contributed by atoms with Gasteiger partial charge in [-0.05, 0) is 80.4 Å². The van der Waals surface area contributed by atoms with Crippen LogP contribution in [0.1, 0.15) is 73.9 Å². The zero-order valence-electron chi connectivity index (χ0n) is 24.3. The number of allylic oxidation sites excluding steroid dienone is 1. The third kappa shape index (κ3) is 8.58. The topological polar surface area (TPSA) is 71.3 Å². The fourth-order valence-electron chi connectivity index (χ4n) is 4.51. The highest BCUT2D eigenvalue weighted by Gasteiger charge is 2.33. The summed E-state index contributed by atoms with van der Waals surface area (Å²) in [6, 6.07) is 22.5. The Balaban J connectivity index is 1.26. The van der Waals surface area contributed by atoms with E-state index in [9.17, 15) is 9.59 Å². The Hall–Kier alpha value is -4.32. The number of rotatable bonds is 14. The molecule has 0 fully saturated rings. The van der Waals surface area contributed by atoms with Crippen LogP contribution in [0.15, 0.2) is 89.0 Å². The van der Waals surface area contributed by atoms with Crippen LogP contribution < -0.4 is 9.75 Å². The summed E-state index contributed by atoms with van der Waals surface area (Å²) < 4.78 is 5.84. The molecule has 0 spiro atoms. The molecule has 0 saturated heterocycles. The van der Waals surface area contributed by atoms with Gasteiger partial charge in [0, 0.05) is 11.8 Å². The Kier molecular flexibility index (Phi) is 10.8. The highest BCUT2D eigenvalue weighted by atomic mass is 16.5. The fourth-order valence-corrected chi connectivity index (χ4v) is 4.51. The van der Waals surface area contributed by atoms with E-state index in [0.29, 0.717) is 17.0 Å². The number of ketones is 1. The van der Waals surface area contributed by atoms with Crippen LogP contribution in [0.2, 0.25) is 0 Å². The summed E-state index contributed by atoms with van der Waals surface area (Å²) in [6.07, 6.45) is 12.4. The minimum Gasteiger partial charge on any atom is -0.494 e. The van der Waals surface area contributed by atoms with Gasteiger partial charge < -0.3 is 4.74 Å². The minimum atomic E-state index is -0.520. The summed E-state index contributed by atoms with van der Waals surface area (Å²) in [5.41, 5.74) is 4.71. The number of carbonyl (C=O) groups is 2. The predicted octanol–water partition coefficient (Wildman–Crippen LogP) is 8.37. The standard InChI is InChI=1S/C35H39N3O3/c1-4-5-6-7-8-9-24-41-32-21-12-28(13-22-32)14-23-34(39)29-15-17-30(18-16-29)36-25-33-27(3)37-38(35(33)40)31-19-10-26(2)11-20-31/h10-23,25,33H,4-9,24H2,1-3H3/b23-14+,36-25?. The largest absolute Gasteiger partial charge is 0.494 e. The van der Waals surface area contributed by atoms with Gasteiger partial charge in [0.25, 0.3) is 5.91 Å². The number of aliphatic imine (C=N–C) groups is 1. The van der Waals surface area contributed by atoms with E-state index < -0.39 is 5.92 Å². The van der Waals surface area contributed by atoms with Crippen molar-refractivity contribution in [3.63, 3.8) is 0 Å². The third-order valence-corrected chi connectivity index (χ3v) is 7.06. The van der Waals surface area contributed by atoms with Gasteiger partial charge in [0.05, 0.1) is 23.7 Å². The first-order valence-corrected chi connectivity index (χ1v) is 14.5. The number of hydrazone groups is 1. The van der Waals surface area contributed by atoms with Crippen LogP contribution in [0.4, 0.5) is 11.4 Å². The monoisotopic (exact) mass is 549 g/mol. The highest BCUT2D eigenvalue weighted by molar-refractivity contribution is 6.23. The summed E-state index contributed by atoms with van der Waals surface area (Å²) >= 11 is 0. The molecule has 6 heteroatoms. The van der Waals surface area contributed by atoms with Gasteiger partial charge in [-0.25, -0.2) is 0 Å². The molecule has 1 heterocycles. The molecule has 0 aliphatic carbocycles. The van der Waals surface area contributed by atoms with Crippen molar-refractivity contribution in [3.8, 4) is 5.75 Å². The number of hydrogen-bond donors (Lipinski definition) is 0. The molecule has 6 nitrogen and oxygen atoms in total. The number of anilines is 1. The first-order chi connectivity index (χ1) is 19.9. The Bertz CT molecular complexity index is 1390. The molecular formula is C35H39N3O3. The number of amides is 1. The van der Waals surface area contributed by atoms with Crippen LogP contribution >= 0.6 is 0 Å². The maximum atomic E-state index is 12.9. The van der Waals surface area contributed by atoms with Crippen LogP contribution in [0.25, 0.3) is 6.08 Å². The summed E-state index contributed by atoms with van der Waals surface area (Å²) in [7, 11) is 0. The number of hydrogen-bond acceptors (Lipinski definition) is 5. The van der Waals surface area contributed by atoms with Gasteiger partial charge in [-0.15, -0.1) is 0 Å². The van der Waals surface area contributed by atoms with Crippen LogP contribution in [-0.2, 0) is 4.79 Å². The minimum absolute atomic E-state index is 0.0911. The molecule has 1 unspecified atom stereocenters. The lowest BCUT2D eigenvalue weighted by molar-refractivity contribution is -0.118. The first kappa shape index (κ1) is 29.7. The van der Waals surface area contributed by atoms with Crippen LogP contribution in [-0.4, -0.2) is 30.2 Å². The molecular weight excluding hydrogens is 510 g/mol. The zero-order valence-corrected chi connectivity index (χ0v) is 24.3. The first-order valence-electron chi connectivity index (χ1n) is 14.5. The third-order valence-electron chi connectivity index (χ3n) is 7.06. The summed E-state index contributed by atoms with van der Waals surface area (Å²) in [5.74, 6) is 0.103. The molecule has 0 radical (unpaired) electrons. The van der Waals surface area contributed by atoms with E-state index in [1.165, 1.54) is 37.1 Å². The molecule has 1 atom stereocenters.